The average molecular weight is 491 g/mol. The summed E-state index contributed by atoms with van der Waals surface area (Å²) in [6.45, 7) is 5.10. The summed E-state index contributed by atoms with van der Waals surface area (Å²) in [6, 6.07) is 11.6. The van der Waals surface area contributed by atoms with Gasteiger partial charge in [-0.15, -0.1) is 0 Å². The van der Waals surface area contributed by atoms with Gasteiger partial charge in [-0.1, -0.05) is 29.8 Å². The Kier molecular flexibility index (Phi) is 6.16. The number of hydrogen-bond acceptors (Lipinski definition) is 6. The predicted molar refractivity (Wildman–Crippen MR) is 122 cm³/mol. The molecule has 1 aliphatic carbocycles. The summed E-state index contributed by atoms with van der Waals surface area (Å²) in [4.78, 5) is 12.5. The molecule has 0 amide bonds. The number of nitrogens with one attached hydrogen (secondary N) is 1. The minimum absolute atomic E-state index is 0.0203. The lowest BCUT2D eigenvalue weighted by Crippen LogP contribution is -2.28. The molecule has 1 aliphatic rings. The van der Waals surface area contributed by atoms with Crippen molar-refractivity contribution < 1.29 is 23.0 Å². The molecule has 0 spiro atoms. The molecule has 10 heteroatoms. The van der Waals surface area contributed by atoms with Crippen molar-refractivity contribution in [3.05, 3.63) is 64.8 Å². The number of benzene rings is 2. The third-order valence-electron chi connectivity index (χ3n) is 5.34. The molecule has 6 nitrogen and oxygen atoms in total. The van der Waals surface area contributed by atoms with Gasteiger partial charge >= 0.3 is 12.2 Å². The van der Waals surface area contributed by atoms with E-state index in [0.717, 1.165) is 13.0 Å². The number of halogens is 4. The lowest BCUT2D eigenvalue weighted by molar-refractivity contribution is -0.175. The number of ether oxygens (including phenoxy) is 1. The van der Waals surface area contributed by atoms with Crippen LogP contribution in [0, 0.1) is 5.41 Å². The Morgan fingerprint density at radius 3 is 2.50 bits per heavy atom. The number of hydrogen-bond donors (Lipinski definition) is 2. The van der Waals surface area contributed by atoms with E-state index < -0.39 is 17.6 Å². The van der Waals surface area contributed by atoms with Crippen molar-refractivity contribution >= 4 is 11.6 Å². The summed E-state index contributed by atoms with van der Waals surface area (Å²) in [5, 5.41) is 13.3. The van der Waals surface area contributed by atoms with E-state index in [9.17, 15) is 18.3 Å². The van der Waals surface area contributed by atoms with Gasteiger partial charge in [0.15, 0.2) is 11.6 Å². The molecule has 34 heavy (non-hydrogen) atoms. The van der Waals surface area contributed by atoms with Crippen molar-refractivity contribution in [3.8, 4) is 34.5 Å². The topological polar surface area (TPSA) is 80.2 Å². The molecule has 1 atom stereocenters. The molecule has 1 unspecified atom stereocenters. The van der Waals surface area contributed by atoms with Gasteiger partial charge in [-0.2, -0.15) is 23.1 Å². The molecule has 0 radical (unpaired) electrons. The molecule has 4 rings (SSSR count). The summed E-state index contributed by atoms with van der Waals surface area (Å²) >= 11 is 6.36. The monoisotopic (exact) mass is 490 g/mol. The Morgan fingerprint density at radius 1 is 1.09 bits per heavy atom. The number of allylic oxidation sites excluding steroid dienone is 2. The summed E-state index contributed by atoms with van der Waals surface area (Å²) in [5.41, 5.74) is -0.0908. The van der Waals surface area contributed by atoms with Gasteiger partial charge < -0.3 is 15.2 Å². The number of nitrogens with zero attached hydrogens (tertiary/aromatic N) is 3. The van der Waals surface area contributed by atoms with Gasteiger partial charge in [-0.05, 0) is 56.7 Å². The summed E-state index contributed by atoms with van der Waals surface area (Å²) in [6.07, 6.45) is -3.21. The maximum Gasteiger partial charge on any atom is 0.403 e. The first-order chi connectivity index (χ1) is 16.0. The number of aromatic nitrogens is 3. The highest BCUT2D eigenvalue weighted by atomic mass is 35.5. The first-order valence-corrected chi connectivity index (χ1v) is 10.9. The van der Waals surface area contributed by atoms with Crippen LogP contribution >= 0.6 is 11.6 Å². The fourth-order valence-electron chi connectivity index (χ4n) is 3.37. The van der Waals surface area contributed by atoms with Crippen molar-refractivity contribution in [1.29, 1.82) is 0 Å². The van der Waals surface area contributed by atoms with E-state index in [0.29, 0.717) is 27.5 Å². The number of rotatable bonds is 7. The lowest BCUT2D eigenvalue weighted by atomic mass is 10.1. The standard InChI is InChI=1S/C24H22ClF3N4O2/c1-13(2)34-16-6-4-5-15(10-16)20-30-21(32-22(33)31-20)17-9-14(7-8-18(17)25)12-29-19-11-23(19,3)24(26,27)28/h4-11,13,29H,12H2,1-3H3,(H,30,31,32,33). The first-order valence-electron chi connectivity index (χ1n) is 10.5. The average Bonchev–Trinajstić information content (AvgIpc) is 3.44. The molecule has 3 aromatic rings. The van der Waals surface area contributed by atoms with E-state index >= 15 is 0 Å². The van der Waals surface area contributed by atoms with E-state index in [1.165, 1.54) is 0 Å². The number of aromatic hydroxyl groups is 1. The van der Waals surface area contributed by atoms with Crippen LogP contribution in [0.1, 0.15) is 26.3 Å². The Morgan fingerprint density at radius 2 is 1.82 bits per heavy atom. The summed E-state index contributed by atoms with van der Waals surface area (Å²) in [5.74, 6) is 0.982. The molecule has 2 aromatic carbocycles. The van der Waals surface area contributed by atoms with Crippen molar-refractivity contribution in [2.45, 2.75) is 39.6 Å². The molecule has 0 bridgehead atoms. The molecule has 0 saturated carbocycles. The van der Waals surface area contributed by atoms with E-state index in [-0.39, 0.29) is 30.0 Å². The molecule has 1 heterocycles. The maximum atomic E-state index is 13.1. The SMILES string of the molecule is CC(C)Oc1cccc(-c2nc(O)nc(-c3cc(CNC4=CC4(C)C(F)(F)F)ccc3Cl)n2)c1. The van der Waals surface area contributed by atoms with Gasteiger partial charge in [-0.3, -0.25) is 0 Å². The normalized spacial score (nSPS) is 17.5. The molecular formula is C24H22ClF3N4O2. The lowest BCUT2D eigenvalue weighted by Gasteiger charge is -2.17. The smallest absolute Gasteiger partial charge is 0.403 e. The Labute approximate surface area is 199 Å². The van der Waals surface area contributed by atoms with Gasteiger partial charge in [0.2, 0.25) is 0 Å². The first kappa shape index (κ1) is 23.8. The molecule has 0 saturated heterocycles. The molecule has 2 N–H and O–H groups in total. The largest absolute Gasteiger partial charge is 0.491 e. The Bertz CT molecular complexity index is 1260. The highest BCUT2D eigenvalue weighted by Crippen LogP contribution is 2.54. The van der Waals surface area contributed by atoms with Crippen LogP contribution in [-0.4, -0.2) is 32.3 Å². The fraction of sp³-hybridized carbons (Fsp3) is 0.292. The molecule has 178 valence electrons. The highest BCUT2D eigenvalue weighted by Gasteiger charge is 2.60. The second kappa shape index (κ2) is 8.79. The van der Waals surface area contributed by atoms with E-state index in [1.54, 1.807) is 42.5 Å². The highest BCUT2D eigenvalue weighted by molar-refractivity contribution is 6.33. The minimum Gasteiger partial charge on any atom is -0.491 e. The quantitative estimate of drug-likeness (QED) is 0.429. The van der Waals surface area contributed by atoms with Gasteiger partial charge in [-0.25, -0.2) is 4.98 Å². The molecule has 1 aromatic heterocycles. The summed E-state index contributed by atoms with van der Waals surface area (Å²) in [7, 11) is 0. The van der Waals surface area contributed by atoms with Gasteiger partial charge in [0.25, 0.3) is 0 Å². The van der Waals surface area contributed by atoms with Gasteiger partial charge in [0.1, 0.15) is 11.2 Å². The Balaban J connectivity index is 1.59. The van der Waals surface area contributed by atoms with Crippen molar-refractivity contribution in [2.75, 3.05) is 0 Å². The zero-order chi connectivity index (χ0) is 24.7. The van der Waals surface area contributed by atoms with Crippen LogP contribution < -0.4 is 10.1 Å². The van der Waals surface area contributed by atoms with Crippen LogP contribution in [0.5, 0.6) is 11.8 Å². The molecule has 0 aliphatic heterocycles. The van der Waals surface area contributed by atoms with Crippen LogP contribution in [0.25, 0.3) is 22.8 Å². The minimum atomic E-state index is -4.34. The second-order valence-corrected chi connectivity index (χ2v) is 8.81. The van der Waals surface area contributed by atoms with E-state index in [1.807, 2.05) is 13.8 Å². The van der Waals surface area contributed by atoms with Gasteiger partial charge in [0.05, 0.1) is 11.1 Å². The van der Waals surface area contributed by atoms with Crippen LogP contribution in [0.2, 0.25) is 5.02 Å². The zero-order valence-corrected chi connectivity index (χ0v) is 19.4. The van der Waals surface area contributed by atoms with Crippen LogP contribution in [0.15, 0.2) is 54.2 Å². The van der Waals surface area contributed by atoms with Crippen molar-refractivity contribution in [1.82, 2.24) is 20.3 Å². The summed E-state index contributed by atoms with van der Waals surface area (Å²) < 4.78 is 44.9. The zero-order valence-electron chi connectivity index (χ0n) is 18.6. The molecular weight excluding hydrogens is 469 g/mol. The number of alkyl halides is 3. The predicted octanol–water partition coefficient (Wildman–Crippen LogP) is 5.91. The van der Waals surface area contributed by atoms with Crippen LogP contribution in [0.3, 0.4) is 0 Å². The van der Waals surface area contributed by atoms with Crippen LogP contribution in [-0.2, 0) is 6.54 Å². The fourth-order valence-corrected chi connectivity index (χ4v) is 3.57. The maximum absolute atomic E-state index is 13.1. The Hall–Kier alpha value is -3.33. The van der Waals surface area contributed by atoms with E-state index in [2.05, 4.69) is 20.3 Å². The third-order valence-corrected chi connectivity index (χ3v) is 5.67. The molecule has 0 fully saturated rings. The second-order valence-electron chi connectivity index (χ2n) is 8.40. The van der Waals surface area contributed by atoms with E-state index in [4.69, 9.17) is 16.3 Å². The van der Waals surface area contributed by atoms with Crippen LogP contribution in [0.4, 0.5) is 13.2 Å². The van der Waals surface area contributed by atoms with Crippen molar-refractivity contribution in [2.24, 2.45) is 5.41 Å². The third kappa shape index (κ3) is 4.94. The van der Waals surface area contributed by atoms with Crippen molar-refractivity contribution in [3.63, 3.8) is 0 Å². The van der Waals surface area contributed by atoms with Gasteiger partial charge in [0, 0.05) is 23.4 Å².